The minimum atomic E-state index is -0.273. The number of anilines is 1. The normalized spacial score (nSPS) is 14.9. The molecule has 1 fully saturated rings. The molecule has 0 unspecified atom stereocenters. The van der Waals surface area contributed by atoms with Crippen molar-refractivity contribution in [1.82, 2.24) is 15.3 Å². The molecule has 0 atom stereocenters. The standard InChI is InChI=1S/C19H23FN4O/c20-16-9-5-4-6-14(16)10-12-21-18(25)17-11-13-22-19(24-17)23-15-7-2-1-3-8-15/h4-6,9,11,13,15H,1-3,7-8,10,12H2,(H,21,25)(H,22,23,24). The number of nitrogens with zero attached hydrogens (tertiary/aromatic N) is 2. The molecule has 1 saturated carbocycles. The van der Waals surface area contributed by atoms with Crippen LogP contribution in [0.5, 0.6) is 0 Å². The molecule has 3 rings (SSSR count). The maximum Gasteiger partial charge on any atom is 0.270 e. The number of nitrogens with one attached hydrogen (secondary N) is 2. The Morgan fingerprint density at radius 1 is 1.16 bits per heavy atom. The summed E-state index contributed by atoms with van der Waals surface area (Å²) in [5, 5.41) is 6.10. The maximum atomic E-state index is 13.6. The predicted octanol–water partition coefficient (Wildman–Crippen LogP) is 3.33. The van der Waals surface area contributed by atoms with E-state index in [1.165, 1.54) is 25.3 Å². The Balaban J connectivity index is 1.53. The monoisotopic (exact) mass is 342 g/mol. The van der Waals surface area contributed by atoms with Crippen molar-refractivity contribution < 1.29 is 9.18 Å². The van der Waals surface area contributed by atoms with Crippen LogP contribution in [0.1, 0.15) is 48.2 Å². The van der Waals surface area contributed by atoms with Crippen molar-refractivity contribution in [3.63, 3.8) is 0 Å². The molecule has 1 aromatic heterocycles. The van der Waals surface area contributed by atoms with Crippen molar-refractivity contribution >= 4 is 11.9 Å². The van der Waals surface area contributed by atoms with Crippen molar-refractivity contribution in [3.8, 4) is 0 Å². The van der Waals surface area contributed by atoms with E-state index in [9.17, 15) is 9.18 Å². The summed E-state index contributed by atoms with van der Waals surface area (Å²) >= 11 is 0. The van der Waals surface area contributed by atoms with Gasteiger partial charge >= 0.3 is 0 Å². The minimum absolute atomic E-state index is 0.252. The minimum Gasteiger partial charge on any atom is -0.351 e. The van der Waals surface area contributed by atoms with Gasteiger partial charge in [-0.15, -0.1) is 0 Å². The summed E-state index contributed by atoms with van der Waals surface area (Å²) in [5.41, 5.74) is 0.909. The first-order valence-corrected chi connectivity index (χ1v) is 8.83. The zero-order valence-corrected chi connectivity index (χ0v) is 14.2. The molecule has 25 heavy (non-hydrogen) atoms. The third-order valence-corrected chi connectivity index (χ3v) is 4.46. The van der Waals surface area contributed by atoms with Crippen molar-refractivity contribution in [2.45, 2.75) is 44.6 Å². The summed E-state index contributed by atoms with van der Waals surface area (Å²) in [7, 11) is 0. The third-order valence-electron chi connectivity index (χ3n) is 4.46. The number of rotatable bonds is 6. The quantitative estimate of drug-likeness (QED) is 0.845. The lowest BCUT2D eigenvalue weighted by molar-refractivity contribution is 0.0949. The molecule has 0 saturated heterocycles. The number of halogens is 1. The zero-order chi connectivity index (χ0) is 17.5. The highest BCUT2D eigenvalue weighted by molar-refractivity contribution is 5.92. The molecule has 0 radical (unpaired) electrons. The Morgan fingerprint density at radius 3 is 2.76 bits per heavy atom. The molecule has 1 aliphatic rings. The van der Waals surface area contributed by atoms with Crippen LogP contribution in [0.25, 0.3) is 0 Å². The Morgan fingerprint density at radius 2 is 1.96 bits per heavy atom. The predicted molar refractivity (Wildman–Crippen MR) is 95.0 cm³/mol. The first-order chi connectivity index (χ1) is 12.2. The van der Waals surface area contributed by atoms with Crippen LogP contribution in [0.2, 0.25) is 0 Å². The first kappa shape index (κ1) is 17.3. The summed E-state index contributed by atoms with van der Waals surface area (Å²) in [6.45, 7) is 0.356. The summed E-state index contributed by atoms with van der Waals surface area (Å²) < 4.78 is 13.6. The van der Waals surface area contributed by atoms with Crippen LogP contribution in [-0.2, 0) is 6.42 Å². The van der Waals surface area contributed by atoms with E-state index in [2.05, 4.69) is 20.6 Å². The Bertz CT molecular complexity index is 716. The lowest BCUT2D eigenvalue weighted by Gasteiger charge is -2.22. The highest BCUT2D eigenvalue weighted by Crippen LogP contribution is 2.20. The van der Waals surface area contributed by atoms with Crippen LogP contribution in [0.15, 0.2) is 36.5 Å². The van der Waals surface area contributed by atoms with Gasteiger partial charge in [0.15, 0.2) is 0 Å². The van der Waals surface area contributed by atoms with E-state index in [1.807, 2.05) is 0 Å². The van der Waals surface area contributed by atoms with Crippen LogP contribution in [0.4, 0.5) is 10.3 Å². The number of aromatic nitrogens is 2. The van der Waals surface area contributed by atoms with Gasteiger partial charge in [-0.25, -0.2) is 14.4 Å². The van der Waals surface area contributed by atoms with Crippen molar-refractivity contribution in [3.05, 3.63) is 53.6 Å². The van der Waals surface area contributed by atoms with Crippen molar-refractivity contribution in [2.24, 2.45) is 0 Å². The summed E-state index contributed by atoms with van der Waals surface area (Å²) in [4.78, 5) is 20.7. The van der Waals surface area contributed by atoms with Crippen LogP contribution < -0.4 is 10.6 Å². The third kappa shape index (κ3) is 4.98. The van der Waals surface area contributed by atoms with E-state index >= 15 is 0 Å². The van der Waals surface area contributed by atoms with E-state index in [0.717, 1.165) is 12.8 Å². The molecule has 6 heteroatoms. The molecular formula is C19H23FN4O. The fraction of sp³-hybridized carbons (Fsp3) is 0.421. The fourth-order valence-corrected chi connectivity index (χ4v) is 3.09. The summed E-state index contributed by atoms with van der Waals surface area (Å²) in [6.07, 6.45) is 7.97. The summed E-state index contributed by atoms with van der Waals surface area (Å²) in [6, 6.07) is 8.55. The molecule has 1 aliphatic carbocycles. The van der Waals surface area contributed by atoms with Gasteiger partial charge in [0.2, 0.25) is 5.95 Å². The molecule has 2 aromatic rings. The molecule has 1 aromatic carbocycles. The van der Waals surface area contributed by atoms with Gasteiger partial charge in [0.05, 0.1) is 0 Å². The number of hydrogen-bond donors (Lipinski definition) is 2. The van der Waals surface area contributed by atoms with E-state index < -0.39 is 0 Å². The molecule has 0 aliphatic heterocycles. The van der Waals surface area contributed by atoms with Gasteiger partial charge in [0.1, 0.15) is 11.5 Å². The lowest BCUT2D eigenvalue weighted by atomic mass is 9.96. The zero-order valence-electron chi connectivity index (χ0n) is 14.2. The van der Waals surface area contributed by atoms with Crippen LogP contribution in [-0.4, -0.2) is 28.5 Å². The Hall–Kier alpha value is -2.50. The topological polar surface area (TPSA) is 66.9 Å². The Labute approximate surface area is 147 Å². The second kappa shape index (κ2) is 8.55. The van der Waals surface area contributed by atoms with Crippen LogP contribution in [0.3, 0.4) is 0 Å². The second-order valence-electron chi connectivity index (χ2n) is 6.34. The van der Waals surface area contributed by atoms with Crippen LogP contribution >= 0.6 is 0 Å². The van der Waals surface area contributed by atoms with Gasteiger partial charge in [-0.3, -0.25) is 4.79 Å². The van der Waals surface area contributed by atoms with Crippen molar-refractivity contribution in [2.75, 3.05) is 11.9 Å². The number of benzene rings is 1. The van der Waals surface area contributed by atoms with Gasteiger partial charge in [-0.2, -0.15) is 0 Å². The second-order valence-corrected chi connectivity index (χ2v) is 6.34. The average Bonchev–Trinajstić information content (AvgIpc) is 2.64. The summed E-state index contributed by atoms with van der Waals surface area (Å²) in [5.74, 6) is -0.0307. The smallest absolute Gasteiger partial charge is 0.270 e. The van der Waals surface area contributed by atoms with Gasteiger partial charge in [-0.05, 0) is 37.0 Å². The molecule has 5 nitrogen and oxygen atoms in total. The lowest BCUT2D eigenvalue weighted by Crippen LogP contribution is -2.28. The molecule has 132 valence electrons. The highest BCUT2D eigenvalue weighted by Gasteiger charge is 2.15. The van der Waals surface area contributed by atoms with Gasteiger partial charge in [0.25, 0.3) is 5.91 Å². The fourth-order valence-electron chi connectivity index (χ4n) is 3.09. The van der Waals surface area contributed by atoms with Crippen molar-refractivity contribution in [1.29, 1.82) is 0 Å². The highest BCUT2D eigenvalue weighted by atomic mass is 19.1. The van der Waals surface area contributed by atoms with E-state index in [0.29, 0.717) is 36.2 Å². The number of carbonyl (C=O) groups excluding carboxylic acids is 1. The molecule has 1 heterocycles. The maximum absolute atomic E-state index is 13.6. The largest absolute Gasteiger partial charge is 0.351 e. The number of hydrogen-bond acceptors (Lipinski definition) is 4. The van der Waals surface area contributed by atoms with Gasteiger partial charge in [-0.1, -0.05) is 37.5 Å². The average molecular weight is 342 g/mol. The SMILES string of the molecule is O=C(NCCc1ccccc1F)c1ccnc(NC2CCCCC2)n1. The molecule has 1 amide bonds. The number of carbonyl (C=O) groups is 1. The van der Waals surface area contributed by atoms with E-state index in [4.69, 9.17) is 0 Å². The number of amides is 1. The first-order valence-electron chi connectivity index (χ1n) is 8.83. The molecular weight excluding hydrogens is 319 g/mol. The van der Waals surface area contributed by atoms with Gasteiger partial charge < -0.3 is 10.6 Å². The van der Waals surface area contributed by atoms with Gasteiger partial charge in [0, 0.05) is 18.8 Å². The molecule has 2 N–H and O–H groups in total. The van der Waals surface area contributed by atoms with Crippen LogP contribution in [0, 0.1) is 5.82 Å². The molecule has 0 spiro atoms. The van der Waals surface area contributed by atoms with E-state index in [-0.39, 0.29) is 11.7 Å². The Kier molecular flexibility index (Phi) is 5.93. The van der Waals surface area contributed by atoms with E-state index in [1.54, 1.807) is 30.5 Å². The molecule has 0 bridgehead atoms.